The topological polar surface area (TPSA) is 119 Å². The lowest BCUT2D eigenvalue weighted by molar-refractivity contribution is 0.0505. The summed E-state index contributed by atoms with van der Waals surface area (Å²) in [6, 6.07) is 12.6. The number of halogens is 1. The second kappa shape index (κ2) is 11.8. The Morgan fingerprint density at radius 1 is 0.974 bits per heavy atom. The lowest BCUT2D eigenvalue weighted by Crippen LogP contribution is -2.25. The molecule has 0 radical (unpaired) electrons. The van der Waals surface area contributed by atoms with Crippen LogP contribution in [-0.4, -0.2) is 33.8 Å². The second-order valence-electron chi connectivity index (χ2n) is 8.37. The van der Waals surface area contributed by atoms with Crippen LogP contribution in [0.5, 0.6) is 0 Å². The number of hydrogen-bond donors (Lipinski definition) is 2. The van der Waals surface area contributed by atoms with Gasteiger partial charge in [0.1, 0.15) is 16.4 Å². The van der Waals surface area contributed by atoms with Crippen molar-refractivity contribution >= 4 is 45.5 Å². The van der Waals surface area contributed by atoms with Gasteiger partial charge in [-0.15, -0.1) is 0 Å². The van der Waals surface area contributed by atoms with Gasteiger partial charge in [0.05, 0.1) is 12.2 Å². The van der Waals surface area contributed by atoms with Gasteiger partial charge in [0.15, 0.2) is 4.96 Å². The van der Waals surface area contributed by atoms with Gasteiger partial charge in [-0.25, -0.2) is 18.6 Å². The molecule has 38 heavy (non-hydrogen) atoms. The highest BCUT2D eigenvalue weighted by molar-refractivity contribution is 7.19. The Morgan fingerprint density at radius 3 is 2.42 bits per heavy atom. The van der Waals surface area contributed by atoms with Gasteiger partial charge in [0.25, 0.3) is 17.4 Å². The van der Waals surface area contributed by atoms with Gasteiger partial charge in [0, 0.05) is 23.1 Å². The molecule has 2 aromatic heterocycles. The number of aromatic nitrogens is 2. The molecule has 0 aliphatic carbocycles. The second-order valence-corrected chi connectivity index (χ2v) is 9.34. The van der Waals surface area contributed by atoms with Crippen molar-refractivity contribution in [2.75, 3.05) is 17.2 Å². The molecule has 4 rings (SSSR count). The summed E-state index contributed by atoms with van der Waals surface area (Å²) in [5, 5.41) is 5.29. The number of thiazole rings is 1. The van der Waals surface area contributed by atoms with Gasteiger partial charge in [-0.2, -0.15) is 0 Å². The van der Waals surface area contributed by atoms with Crippen LogP contribution in [0.2, 0.25) is 0 Å². The van der Waals surface area contributed by atoms with Crippen LogP contribution < -0.4 is 16.2 Å². The molecule has 2 aromatic carbocycles. The largest absolute Gasteiger partial charge is 0.462 e. The Morgan fingerprint density at radius 2 is 1.71 bits per heavy atom. The van der Waals surface area contributed by atoms with Crippen LogP contribution in [0.4, 0.5) is 15.8 Å². The standard InChI is InChI=1S/C27H25FN4O5S/c1-3-6-19-15-21(33)32-22(24(34)30-20-8-5-7-16(14-20)26(36)37-13-4-2)23(38-27(32)31-19)25(35)29-18-11-9-17(28)10-12-18/h5,7-12,14-15H,3-4,6,13H2,1-2H3,(H,29,35)(H,30,34). The number of rotatable bonds is 9. The van der Waals surface area contributed by atoms with Crippen LogP contribution >= 0.6 is 11.3 Å². The van der Waals surface area contributed by atoms with E-state index in [1.54, 1.807) is 18.2 Å². The predicted molar refractivity (Wildman–Crippen MR) is 143 cm³/mol. The van der Waals surface area contributed by atoms with Crippen molar-refractivity contribution in [2.45, 2.75) is 33.1 Å². The first kappa shape index (κ1) is 26.7. The highest BCUT2D eigenvalue weighted by Gasteiger charge is 2.27. The molecule has 2 amide bonds. The van der Waals surface area contributed by atoms with Crippen molar-refractivity contribution < 1.29 is 23.5 Å². The minimum atomic E-state index is -0.744. The van der Waals surface area contributed by atoms with E-state index in [2.05, 4.69) is 15.6 Å². The summed E-state index contributed by atoms with van der Waals surface area (Å²) in [7, 11) is 0. The van der Waals surface area contributed by atoms with E-state index >= 15 is 0 Å². The van der Waals surface area contributed by atoms with E-state index in [-0.39, 0.29) is 33.4 Å². The smallest absolute Gasteiger partial charge is 0.338 e. The maximum Gasteiger partial charge on any atom is 0.338 e. The van der Waals surface area contributed by atoms with Crippen LogP contribution in [0, 0.1) is 5.82 Å². The molecule has 0 aliphatic heterocycles. The van der Waals surface area contributed by atoms with E-state index < -0.39 is 29.2 Å². The number of hydrogen-bond acceptors (Lipinski definition) is 7. The van der Waals surface area contributed by atoms with E-state index in [0.29, 0.717) is 24.2 Å². The molecule has 0 atom stereocenters. The van der Waals surface area contributed by atoms with Gasteiger partial charge in [0.2, 0.25) is 0 Å². The third-order valence-electron chi connectivity index (χ3n) is 5.40. The number of amides is 2. The zero-order chi connectivity index (χ0) is 27.2. The van der Waals surface area contributed by atoms with E-state index in [1.165, 1.54) is 36.4 Å². The minimum Gasteiger partial charge on any atom is -0.462 e. The van der Waals surface area contributed by atoms with Crippen molar-refractivity contribution in [3.05, 3.63) is 92.6 Å². The Balaban J connectivity index is 1.73. The summed E-state index contributed by atoms with van der Waals surface area (Å²) in [5.74, 6) is -2.41. The minimum absolute atomic E-state index is 0.0522. The van der Waals surface area contributed by atoms with Crippen molar-refractivity contribution in [1.82, 2.24) is 9.38 Å². The molecule has 196 valence electrons. The molecule has 2 N–H and O–H groups in total. The highest BCUT2D eigenvalue weighted by atomic mass is 32.1. The summed E-state index contributed by atoms with van der Waals surface area (Å²) in [6.07, 6.45) is 1.98. The molecular weight excluding hydrogens is 511 g/mol. The summed E-state index contributed by atoms with van der Waals surface area (Å²) in [6.45, 7) is 4.09. The third-order valence-corrected chi connectivity index (χ3v) is 6.44. The fraction of sp³-hybridized carbons (Fsp3) is 0.222. The number of carbonyl (C=O) groups is 3. The maximum atomic E-state index is 13.5. The first-order chi connectivity index (χ1) is 18.3. The number of nitrogens with zero attached hydrogens (tertiary/aromatic N) is 2. The van der Waals surface area contributed by atoms with Crippen LogP contribution in [0.3, 0.4) is 0 Å². The van der Waals surface area contributed by atoms with Crippen LogP contribution in [0.25, 0.3) is 4.96 Å². The van der Waals surface area contributed by atoms with E-state index in [9.17, 15) is 23.6 Å². The van der Waals surface area contributed by atoms with Crippen molar-refractivity contribution in [1.29, 1.82) is 0 Å². The third kappa shape index (κ3) is 5.94. The average Bonchev–Trinajstić information content (AvgIpc) is 3.29. The van der Waals surface area contributed by atoms with E-state index in [1.807, 2.05) is 13.8 Å². The summed E-state index contributed by atoms with van der Waals surface area (Å²) in [4.78, 5) is 56.6. The number of nitrogens with one attached hydrogen (secondary N) is 2. The maximum absolute atomic E-state index is 13.5. The van der Waals surface area contributed by atoms with E-state index in [4.69, 9.17) is 4.74 Å². The number of esters is 1. The predicted octanol–water partition coefficient (Wildman–Crippen LogP) is 4.92. The normalized spacial score (nSPS) is 10.8. The van der Waals surface area contributed by atoms with Crippen molar-refractivity contribution in [3.63, 3.8) is 0 Å². The molecular formula is C27H25FN4O5S. The average molecular weight is 537 g/mol. The lowest BCUT2D eigenvalue weighted by atomic mass is 10.2. The van der Waals surface area contributed by atoms with Crippen molar-refractivity contribution in [3.8, 4) is 0 Å². The number of aryl methyl sites for hydroxylation is 1. The molecule has 2 heterocycles. The molecule has 0 saturated heterocycles. The number of ether oxygens (including phenoxy) is 1. The van der Waals surface area contributed by atoms with Gasteiger partial charge < -0.3 is 15.4 Å². The molecule has 0 fully saturated rings. The molecule has 0 spiro atoms. The number of anilines is 2. The molecule has 0 bridgehead atoms. The van der Waals surface area contributed by atoms with Gasteiger partial charge in [-0.1, -0.05) is 37.7 Å². The zero-order valence-corrected chi connectivity index (χ0v) is 21.6. The first-order valence-corrected chi connectivity index (χ1v) is 12.8. The monoisotopic (exact) mass is 536 g/mol. The quantitative estimate of drug-likeness (QED) is 0.293. The Kier molecular flexibility index (Phi) is 8.27. The summed E-state index contributed by atoms with van der Waals surface area (Å²) < 4.78 is 19.6. The fourth-order valence-corrected chi connectivity index (χ4v) is 4.72. The van der Waals surface area contributed by atoms with Crippen LogP contribution in [0.1, 0.15) is 62.9 Å². The Bertz CT molecular complexity index is 1560. The SMILES string of the molecule is CCCOC(=O)c1cccc(NC(=O)c2c(C(=O)Nc3ccc(F)cc3)sc3nc(CCC)cc(=O)n23)c1. The first-order valence-electron chi connectivity index (χ1n) is 12.0. The Labute approximate surface area is 221 Å². The van der Waals surface area contributed by atoms with Gasteiger partial charge >= 0.3 is 5.97 Å². The molecule has 0 saturated carbocycles. The fourth-order valence-electron chi connectivity index (χ4n) is 3.68. The van der Waals surface area contributed by atoms with Crippen LogP contribution in [0.15, 0.2) is 59.4 Å². The van der Waals surface area contributed by atoms with Gasteiger partial charge in [-0.3, -0.25) is 14.4 Å². The van der Waals surface area contributed by atoms with Crippen molar-refractivity contribution in [2.24, 2.45) is 0 Å². The molecule has 4 aromatic rings. The van der Waals surface area contributed by atoms with Crippen LogP contribution in [-0.2, 0) is 11.2 Å². The lowest BCUT2D eigenvalue weighted by Gasteiger charge is -2.09. The number of benzene rings is 2. The summed E-state index contributed by atoms with van der Waals surface area (Å²) in [5.41, 5.74) is 0.666. The molecule has 0 unspecified atom stereocenters. The zero-order valence-electron chi connectivity index (χ0n) is 20.7. The molecule has 11 heteroatoms. The summed E-state index contributed by atoms with van der Waals surface area (Å²) >= 11 is 0.895. The molecule has 0 aliphatic rings. The number of carbonyl (C=O) groups excluding carboxylic acids is 3. The van der Waals surface area contributed by atoms with Gasteiger partial charge in [-0.05, 0) is 55.3 Å². The molecule has 9 nitrogen and oxygen atoms in total. The number of fused-ring (bicyclic) bond motifs is 1. The highest BCUT2D eigenvalue weighted by Crippen LogP contribution is 2.25. The Hall–Kier alpha value is -4.38. The van der Waals surface area contributed by atoms with E-state index in [0.717, 1.165) is 22.2 Å².